The van der Waals surface area contributed by atoms with Gasteiger partial charge in [0.1, 0.15) is 0 Å². The molecule has 0 saturated carbocycles. The molecule has 0 unspecified atom stereocenters. The third-order valence-electron chi connectivity index (χ3n) is 4.25. The summed E-state index contributed by atoms with van der Waals surface area (Å²) in [5.74, 6) is 0.000000000000000222. The van der Waals surface area contributed by atoms with E-state index >= 15 is 0 Å². The zero-order valence-corrected chi connectivity index (χ0v) is 22.3. The van der Waals surface area contributed by atoms with Gasteiger partial charge in [-0.2, -0.15) is 0 Å². The molecule has 0 aliphatic heterocycles. The second-order valence-electron chi connectivity index (χ2n) is 7.49. The predicted octanol–water partition coefficient (Wildman–Crippen LogP) is 6.87. The number of benzene rings is 2. The third-order valence-corrected chi connectivity index (χ3v) is 4.25. The summed E-state index contributed by atoms with van der Waals surface area (Å²) < 4.78 is 0. The van der Waals surface area contributed by atoms with Crippen molar-refractivity contribution in [2.24, 2.45) is 0 Å². The second-order valence-corrected chi connectivity index (χ2v) is 7.49. The van der Waals surface area contributed by atoms with Gasteiger partial charge < -0.3 is 33.3 Å². The van der Waals surface area contributed by atoms with Crippen LogP contribution < -0.4 is 0 Å². The Hall–Kier alpha value is -3.33. The minimum atomic E-state index is 0. The molecule has 34 heavy (non-hydrogen) atoms. The molecule has 0 bridgehead atoms. The fraction of sp³-hybridized carbons (Fsp3) is 0.133. The molecule has 0 spiro atoms. The van der Waals surface area contributed by atoms with Crippen LogP contribution >= 0.6 is 0 Å². The smallest absolute Gasteiger partial charge is 0.0160 e. The van der Waals surface area contributed by atoms with Gasteiger partial charge in [-0.15, -0.1) is 77.7 Å². The minimum absolute atomic E-state index is 0. The summed E-state index contributed by atoms with van der Waals surface area (Å²) in [6.07, 6.45) is 4.98. The van der Waals surface area contributed by atoms with Gasteiger partial charge in [-0.3, -0.25) is 0 Å². The van der Waals surface area contributed by atoms with Gasteiger partial charge in [0.05, 0.1) is 0 Å². The van der Waals surface area contributed by atoms with E-state index < -0.39 is 0 Å². The van der Waals surface area contributed by atoms with Crippen molar-refractivity contribution in [3.05, 3.63) is 127 Å². The Morgan fingerprint density at radius 2 is 1.21 bits per heavy atom. The molecular weight excluding hydrogens is 597 g/mol. The molecule has 0 fully saturated rings. The average molecular weight is 625 g/mol. The van der Waals surface area contributed by atoms with Crippen molar-refractivity contribution < 1.29 is 24.9 Å². The Bertz CT molecular complexity index is 1030. The first-order valence-electron chi connectivity index (χ1n) is 10.6. The van der Waals surface area contributed by atoms with E-state index in [0.29, 0.717) is 5.57 Å². The molecule has 2 heterocycles. The zero-order chi connectivity index (χ0) is 24.1. The monoisotopic (exact) mass is 625 g/mol. The molecule has 4 heteroatoms. The Labute approximate surface area is 217 Å². The summed E-state index contributed by atoms with van der Waals surface area (Å²) >= 11 is 0. The molecule has 4 rings (SSSR count). The van der Waals surface area contributed by atoms with Crippen molar-refractivity contribution in [1.29, 1.82) is 0 Å². The second kappa shape index (κ2) is 15.5. The Morgan fingerprint density at radius 3 is 1.44 bits per heavy atom. The van der Waals surface area contributed by atoms with Gasteiger partial charge in [0.2, 0.25) is 0 Å². The van der Waals surface area contributed by atoms with Crippen molar-refractivity contribution in [3.63, 3.8) is 0 Å². The molecule has 0 atom stereocenters. The van der Waals surface area contributed by atoms with Gasteiger partial charge in [-0.05, 0) is 36.2 Å². The van der Waals surface area contributed by atoms with Crippen LogP contribution in [0.3, 0.4) is 0 Å². The summed E-state index contributed by atoms with van der Waals surface area (Å²) in [6.45, 7) is 12.4. The molecule has 0 amide bonds. The number of hydrogen-bond acceptors (Lipinski definition) is 3. The molecule has 0 saturated heterocycles. The van der Waals surface area contributed by atoms with E-state index in [1.165, 1.54) is 24.5 Å². The number of nitrogens with zero attached hydrogens (tertiary/aromatic N) is 2. The number of allylic oxidation sites excluding steroid dienone is 1. The van der Waals surface area contributed by atoms with Crippen LogP contribution in [-0.4, -0.2) is 15.8 Å². The van der Waals surface area contributed by atoms with Crippen LogP contribution in [0.15, 0.2) is 90.8 Å². The number of hydrogen-bond donors (Lipinski definition) is 0. The maximum atomic E-state index is 10.1. The zero-order valence-electron chi connectivity index (χ0n) is 19.9. The number of ketones is 1. The van der Waals surface area contributed by atoms with Crippen LogP contribution in [0, 0.1) is 39.0 Å². The number of carbonyl (C=O) groups excluding carboxylic acids is 1. The summed E-state index contributed by atoms with van der Waals surface area (Å²) in [5, 5.41) is 0. The van der Waals surface area contributed by atoms with E-state index in [2.05, 4.69) is 48.1 Å². The van der Waals surface area contributed by atoms with Crippen LogP contribution in [0.1, 0.15) is 25.0 Å². The molecule has 0 aliphatic rings. The maximum Gasteiger partial charge on any atom is 0.0160 e. The Morgan fingerprint density at radius 1 is 0.765 bits per heavy atom. The SMILES string of the molecule is Cc1c[c-]c(-c2ccccn2)cc1.Cc1c[c-]c(-c2ccccn2)cc1.[CH-]=C(C)[CH-]C(C)=O.[Ir]. The molecule has 4 aromatic rings. The van der Waals surface area contributed by atoms with E-state index in [1.54, 1.807) is 19.3 Å². The fourth-order valence-corrected chi connectivity index (χ4v) is 2.69. The van der Waals surface area contributed by atoms with Crippen LogP contribution in [-0.2, 0) is 24.9 Å². The fourth-order valence-electron chi connectivity index (χ4n) is 2.69. The van der Waals surface area contributed by atoms with E-state index in [9.17, 15) is 4.79 Å². The first-order valence-corrected chi connectivity index (χ1v) is 10.6. The van der Waals surface area contributed by atoms with Gasteiger partial charge >= 0.3 is 0 Å². The standard InChI is InChI=1S/2C12H10N.C6H8O.Ir/c2*1-10-5-7-11(8-6-10)12-4-2-3-9-13-12;1-5(2)4-6(3)7;/h2*2-7,9H,1H3;1,4H,2-3H3;/q2*-1;-2;. The topological polar surface area (TPSA) is 42.9 Å². The van der Waals surface area contributed by atoms with Gasteiger partial charge in [0, 0.05) is 32.5 Å². The molecule has 2 aromatic heterocycles. The van der Waals surface area contributed by atoms with Crippen molar-refractivity contribution in [2.45, 2.75) is 27.7 Å². The summed E-state index contributed by atoms with van der Waals surface area (Å²) in [4.78, 5) is 18.6. The largest absolute Gasteiger partial charge is 0.545 e. The molecule has 0 aliphatic carbocycles. The summed E-state index contributed by atoms with van der Waals surface area (Å²) in [5.41, 5.74) is 7.05. The van der Waals surface area contributed by atoms with E-state index in [4.69, 9.17) is 6.58 Å². The molecule has 1 radical (unpaired) electrons. The number of Topliss-reactive ketones (excluding diaryl/α,β-unsaturated/α-hetero) is 1. The van der Waals surface area contributed by atoms with Gasteiger partial charge in [-0.25, -0.2) is 0 Å². The van der Waals surface area contributed by atoms with E-state index in [0.717, 1.165) is 22.5 Å². The van der Waals surface area contributed by atoms with Crippen molar-refractivity contribution in [2.75, 3.05) is 0 Å². The van der Waals surface area contributed by atoms with Crippen LogP contribution in [0.2, 0.25) is 0 Å². The van der Waals surface area contributed by atoms with Crippen LogP contribution in [0.25, 0.3) is 22.5 Å². The molecule has 0 N–H and O–H groups in total. The van der Waals surface area contributed by atoms with Crippen molar-refractivity contribution in [3.8, 4) is 22.5 Å². The van der Waals surface area contributed by atoms with E-state index in [-0.39, 0.29) is 25.9 Å². The van der Waals surface area contributed by atoms with E-state index in [1.807, 2.05) is 60.7 Å². The quantitative estimate of drug-likeness (QED) is 0.233. The average Bonchev–Trinajstić information content (AvgIpc) is 2.81. The normalized spacial score (nSPS) is 9.18. The van der Waals surface area contributed by atoms with Crippen molar-refractivity contribution in [1.82, 2.24) is 9.97 Å². The first kappa shape index (κ1) is 28.7. The van der Waals surface area contributed by atoms with Gasteiger partial charge in [0.15, 0.2) is 0 Å². The number of pyridine rings is 2. The Balaban J connectivity index is 0.000000264. The van der Waals surface area contributed by atoms with Crippen molar-refractivity contribution >= 4 is 5.78 Å². The number of aryl methyl sites for hydroxylation is 2. The molecular formula is C30H28IrN2O-4. The molecule has 2 aromatic carbocycles. The number of aromatic nitrogens is 2. The molecule has 177 valence electrons. The predicted molar refractivity (Wildman–Crippen MR) is 135 cm³/mol. The Kier molecular flexibility index (Phi) is 13.1. The van der Waals surface area contributed by atoms with Crippen LogP contribution in [0.5, 0.6) is 0 Å². The maximum absolute atomic E-state index is 10.1. The molecule has 3 nitrogen and oxygen atoms in total. The van der Waals surface area contributed by atoms with Gasteiger partial charge in [-0.1, -0.05) is 38.1 Å². The minimum Gasteiger partial charge on any atom is -0.545 e. The summed E-state index contributed by atoms with van der Waals surface area (Å²) in [7, 11) is 0. The third kappa shape index (κ3) is 11.0. The van der Waals surface area contributed by atoms with Crippen LogP contribution in [0.4, 0.5) is 0 Å². The first-order chi connectivity index (χ1) is 15.8. The number of carbonyl (C=O) groups is 1. The number of rotatable bonds is 4. The van der Waals surface area contributed by atoms with Gasteiger partial charge in [0.25, 0.3) is 0 Å². The summed E-state index contributed by atoms with van der Waals surface area (Å²) in [6, 6.07) is 30.3.